The van der Waals surface area contributed by atoms with E-state index in [1.165, 1.54) is 0 Å². The maximum atomic E-state index is 12.9. The number of nitrogens with one attached hydrogen (secondary N) is 1. The van der Waals surface area contributed by atoms with Crippen molar-refractivity contribution in [2.24, 2.45) is 7.05 Å². The molecule has 1 N–H and O–H groups in total. The lowest BCUT2D eigenvalue weighted by Gasteiger charge is -2.41. The van der Waals surface area contributed by atoms with E-state index in [1.807, 2.05) is 44.4 Å². The molecule has 1 saturated carbocycles. The van der Waals surface area contributed by atoms with Crippen LogP contribution in [-0.4, -0.2) is 15.7 Å². The van der Waals surface area contributed by atoms with Gasteiger partial charge in [0.05, 0.1) is 17.7 Å². The minimum atomic E-state index is -0.402. The van der Waals surface area contributed by atoms with Gasteiger partial charge in [0.1, 0.15) is 0 Å². The van der Waals surface area contributed by atoms with Crippen molar-refractivity contribution in [1.82, 2.24) is 15.1 Å². The van der Waals surface area contributed by atoms with Crippen LogP contribution in [0.3, 0.4) is 0 Å². The Morgan fingerprint density at radius 2 is 2.05 bits per heavy atom. The Balaban J connectivity index is 1.78. The molecule has 2 aromatic rings. The highest BCUT2D eigenvalue weighted by molar-refractivity contribution is 6.30. The molecule has 0 unspecified atom stereocenters. The lowest BCUT2D eigenvalue weighted by molar-refractivity contribution is -0.130. The number of nitrogens with zero attached hydrogens (tertiary/aromatic N) is 2. The number of carbonyl (C=O) groups excluding carboxylic acids is 1. The van der Waals surface area contributed by atoms with E-state index in [1.54, 1.807) is 10.9 Å². The molecule has 5 heteroatoms. The molecule has 1 atom stereocenters. The SMILES string of the molecule is C[C@@H](NC(=O)C1(c2ccc(Cl)cc2)CCC1)c1cnn(C)c1. The molecule has 116 valence electrons. The van der Waals surface area contributed by atoms with E-state index in [2.05, 4.69) is 10.4 Å². The molecule has 1 heterocycles. The van der Waals surface area contributed by atoms with Crippen LogP contribution in [0.25, 0.3) is 0 Å². The maximum Gasteiger partial charge on any atom is 0.231 e. The third-order valence-electron chi connectivity index (χ3n) is 4.61. The van der Waals surface area contributed by atoms with Crippen molar-refractivity contribution in [2.45, 2.75) is 37.6 Å². The fourth-order valence-electron chi connectivity index (χ4n) is 3.03. The zero-order chi connectivity index (χ0) is 15.7. The van der Waals surface area contributed by atoms with Crippen LogP contribution >= 0.6 is 11.6 Å². The summed E-state index contributed by atoms with van der Waals surface area (Å²) in [4.78, 5) is 12.9. The Bertz CT molecular complexity index is 673. The average Bonchev–Trinajstić information content (AvgIpc) is 2.86. The summed E-state index contributed by atoms with van der Waals surface area (Å²) in [6.45, 7) is 1.99. The van der Waals surface area contributed by atoms with Crippen molar-refractivity contribution in [2.75, 3.05) is 0 Å². The van der Waals surface area contributed by atoms with Crippen molar-refractivity contribution in [3.63, 3.8) is 0 Å². The van der Waals surface area contributed by atoms with Crippen molar-refractivity contribution < 1.29 is 4.79 Å². The van der Waals surface area contributed by atoms with Crippen molar-refractivity contribution in [3.05, 3.63) is 52.8 Å². The second-order valence-corrected chi connectivity index (χ2v) is 6.52. The molecule has 0 radical (unpaired) electrons. The summed E-state index contributed by atoms with van der Waals surface area (Å²) in [5.74, 6) is 0.0948. The highest BCUT2D eigenvalue weighted by Crippen LogP contribution is 2.44. The first-order valence-corrected chi connectivity index (χ1v) is 7.95. The molecule has 0 spiro atoms. The molecule has 3 rings (SSSR count). The van der Waals surface area contributed by atoms with E-state index in [0.717, 1.165) is 30.4 Å². The van der Waals surface area contributed by atoms with Gasteiger partial charge in [-0.15, -0.1) is 0 Å². The standard InChI is InChI=1S/C17H20ClN3O/c1-12(13-10-19-21(2)11-13)20-16(22)17(8-3-9-17)14-4-6-15(18)7-5-14/h4-7,10-12H,3,8-9H2,1-2H3,(H,20,22)/t12-/m1/s1. The number of aromatic nitrogens is 2. The number of amides is 1. The fourth-order valence-corrected chi connectivity index (χ4v) is 3.15. The number of hydrogen-bond acceptors (Lipinski definition) is 2. The zero-order valence-electron chi connectivity index (χ0n) is 12.8. The molecule has 1 aromatic carbocycles. The van der Waals surface area contributed by atoms with Crippen LogP contribution in [0.15, 0.2) is 36.7 Å². The molecular formula is C17H20ClN3O. The van der Waals surface area contributed by atoms with Crippen LogP contribution < -0.4 is 5.32 Å². The average molecular weight is 318 g/mol. The number of carbonyl (C=O) groups is 1. The van der Waals surface area contributed by atoms with Gasteiger partial charge in [-0.25, -0.2) is 0 Å². The molecule has 0 aliphatic heterocycles. The number of rotatable bonds is 4. The van der Waals surface area contributed by atoms with Gasteiger partial charge < -0.3 is 5.32 Å². The topological polar surface area (TPSA) is 46.9 Å². The smallest absolute Gasteiger partial charge is 0.231 e. The van der Waals surface area contributed by atoms with E-state index in [0.29, 0.717) is 5.02 Å². The third-order valence-corrected chi connectivity index (χ3v) is 4.86. The van der Waals surface area contributed by atoms with Crippen LogP contribution in [0, 0.1) is 0 Å². The number of benzene rings is 1. The maximum absolute atomic E-state index is 12.9. The highest BCUT2D eigenvalue weighted by Gasteiger charge is 2.45. The van der Waals surface area contributed by atoms with Crippen molar-refractivity contribution in [3.8, 4) is 0 Å². The van der Waals surface area contributed by atoms with E-state index in [-0.39, 0.29) is 11.9 Å². The molecule has 4 nitrogen and oxygen atoms in total. The van der Waals surface area contributed by atoms with Crippen LogP contribution in [-0.2, 0) is 17.3 Å². The van der Waals surface area contributed by atoms with Crippen LogP contribution in [0.1, 0.15) is 43.4 Å². The molecule has 1 aromatic heterocycles. The minimum Gasteiger partial charge on any atom is -0.349 e. The van der Waals surface area contributed by atoms with Crippen LogP contribution in [0.5, 0.6) is 0 Å². The fraction of sp³-hybridized carbons (Fsp3) is 0.412. The molecule has 1 amide bonds. The predicted molar refractivity (Wildman–Crippen MR) is 86.7 cm³/mol. The van der Waals surface area contributed by atoms with E-state index in [9.17, 15) is 4.79 Å². The van der Waals surface area contributed by atoms with Gasteiger partial charge in [0, 0.05) is 23.8 Å². The molecule has 1 aliphatic carbocycles. The second-order valence-electron chi connectivity index (χ2n) is 6.09. The summed E-state index contributed by atoms with van der Waals surface area (Å²) in [5.41, 5.74) is 1.67. The monoisotopic (exact) mass is 317 g/mol. The van der Waals surface area contributed by atoms with Gasteiger partial charge in [-0.05, 0) is 37.5 Å². The molecule has 1 aliphatic rings. The summed E-state index contributed by atoms with van der Waals surface area (Å²) >= 11 is 5.96. The molecule has 0 bridgehead atoms. The lowest BCUT2D eigenvalue weighted by Crippen LogP contribution is -2.49. The van der Waals surface area contributed by atoms with Gasteiger partial charge in [-0.3, -0.25) is 9.48 Å². The van der Waals surface area contributed by atoms with E-state index in [4.69, 9.17) is 11.6 Å². The Kier molecular flexibility index (Phi) is 3.96. The summed E-state index contributed by atoms with van der Waals surface area (Å²) in [6.07, 6.45) is 6.58. The van der Waals surface area contributed by atoms with Gasteiger partial charge in [0.25, 0.3) is 0 Å². The quantitative estimate of drug-likeness (QED) is 0.939. The summed E-state index contributed by atoms with van der Waals surface area (Å²) in [6, 6.07) is 7.60. The summed E-state index contributed by atoms with van der Waals surface area (Å²) in [5, 5.41) is 8.00. The lowest BCUT2D eigenvalue weighted by atomic mass is 9.63. The first kappa shape index (κ1) is 15.1. The zero-order valence-corrected chi connectivity index (χ0v) is 13.6. The van der Waals surface area contributed by atoms with Gasteiger partial charge in [0.15, 0.2) is 0 Å². The largest absolute Gasteiger partial charge is 0.349 e. The van der Waals surface area contributed by atoms with Gasteiger partial charge in [-0.2, -0.15) is 5.10 Å². The van der Waals surface area contributed by atoms with E-state index < -0.39 is 5.41 Å². The Morgan fingerprint density at radius 1 is 1.36 bits per heavy atom. The van der Waals surface area contributed by atoms with Crippen LogP contribution in [0.4, 0.5) is 0 Å². The molecule has 0 saturated heterocycles. The normalized spacial score (nSPS) is 17.6. The van der Waals surface area contributed by atoms with Gasteiger partial charge in [0.2, 0.25) is 5.91 Å². The Hall–Kier alpha value is -1.81. The van der Waals surface area contributed by atoms with Crippen LogP contribution in [0.2, 0.25) is 5.02 Å². The van der Waals surface area contributed by atoms with Gasteiger partial charge in [-0.1, -0.05) is 30.2 Å². The molecule has 1 fully saturated rings. The first-order valence-electron chi connectivity index (χ1n) is 7.57. The Morgan fingerprint density at radius 3 is 2.55 bits per heavy atom. The second kappa shape index (κ2) is 5.76. The highest BCUT2D eigenvalue weighted by atomic mass is 35.5. The third kappa shape index (κ3) is 2.63. The molecular weight excluding hydrogens is 298 g/mol. The summed E-state index contributed by atoms with van der Waals surface area (Å²) in [7, 11) is 1.87. The molecule has 22 heavy (non-hydrogen) atoms. The predicted octanol–water partition coefficient (Wildman–Crippen LogP) is 3.37. The number of aryl methyl sites for hydroxylation is 1. The van der Waals surface area contributed by atoms with Crippen molar-refractivity contribution >= 4 is 17.5 Å². The number of halogens is 1. The number of hydrogen-bond donors (Lipinski definition) is 1. The minimum absolute atomic E-state index is 0.0500. The summed E-state index contributed by atoms with van der Waals surface area (Å²) < 4.78 is 1.75. The van der Waals surface area contributed by atoms with E-state index >= 15 is 0 Å². The van der Waals surface area contributed by atoms with Gasteiger partial charge >= 0.3 is 0 Å². The Labute approximate surface area is 135 Å². The van der Waals surface area contributed by atoms with Crippen molar-refractivity contribution in [1.29, 1.82) is 0 Å². The first-order chi connectivity index (χ1) is 10.5.